The summed E-state index contributed by atoms with van der Waals surface area (Å²) in [6, 6.07) is 3.97. The van der Waals surface area contributed by atoms with Gasteiger partial charge in [-0.15, -0.1) is 11.3 Å². The Bertz CT molecular complexity index is 356. The fraction of sp³-hybridized carbons (Fsp3) is 0.615. The number of amides is 1. The Morgan fingerprint density at radius 2 is 2.18 bits per heavy atom. The van der Waals surface area contributed by atoms with Crippen molar-refractivity contribution < 1.29 is 9.90 Å². The lowest BCUT2D eigenvalue weighted by molar-refractivity contribution is -0.127. The highest BCUT2D eigenvalue weighted by molar-refractivity contribution is 7.09. The van der Waals surface area contributed by atoms with Gasteiger partial charge in [0.1, 0.15) is 0 Å². The lowest BCUT2D eigenvalue weighted by atomic mass is 9.82. The van der Waals surface area contributed by atoms with Crippen LogP contribution in [0, 0.1) is 0 Å². The minimum Gasteiger partial charge on any atom is -0.389 e. The van der Waals surface area contributed by atoms with Gasteiger partial charge in [-0.25, -0.2) is 0 Å². The van der Waals surface area contributed by atoms with Crippen LogP contribution in [-0.2, 0) is 11.3 Å². The number of thiophene rings is 1. The minimum atomic E-state index is -0.752. The summed E-state index contributed by atoms with van der Waals surface area (Å²) in [6.07, 6.45) is 5.03. The highest BCUT2D eigenvalue weighted by atomic mass is 32.1. The Labute approximate surface area is 106 Å². The van der Waals surface area contributed by atoms with Gasteiger partial charge in [-0.2, -0.15) is 0 Å². The van der Waals surface area contributed by atoms with Crippen molar-refractivity contribution in [3.63, 3.8) is 0 Å². The largest absolute Gasteiger partial charge is 0.389 e. The van der Waals surface area contributed by atoms with E-state index in [1.54, 1.807) is 11.3 Å². The van der Waals surface area contributed by atoms with E-state index in [1.165, 1.54) is 6.42 Å². The number of aliphatic hydroxyl groups is 1. The molecule has 4 heteroatoms. The minimum absolute atomic E-state index is 0.0391. The first kappa shape index (κ1) is 12.6. The normalized spacial score (nSPS) is 18.9. The third-order valence-corrected chi connectivity index (χ3v) is 4.19. The van der Waals surface area contributed by atoms with Gasteiger partial charge in [0.25, 0.3) is 0 Å². The molecule has 0 radical (unpaired) electrons. The second-order valence-electron chi connectivity index (χ2n) is 4.82. The van der Waals surface area contributed by atoms with E-state index in [-0.39, 0.29) is 12.3 Å². The zero-order chi connectivity index (χ0) is 12.1. The van der Waals surface area contributed by atoms with Crippen LogP contribution in [0.3, 0.4) is 0 Å². The molecular weight excluding hydrogens is 234 g/mol. The number of nitrogens with one attached hydrogen (secondary N) is 1. The summed E-state index contributed by atoms with van der Waals surface area (Å²) in [5.74, 6) is -0.0391. The maximum atomic E-state index is 11.7. The third-order valence-electron chi connectivity index (χ3n) is 3.31. The number of rotatable bonds is 4. The van der Waals surface area contributed by atoms with Crippen molar-refractivity contribution in [3.05, 3.63) is 22.4 Å². The van der Waals surface area contributed by atoms with Crippen LogP contribution >= 0.6 is 11.3 Å². The molecule has 0 saturated heterocycles. The smallest absolute Gasteiger partial charge is 0.223 e. The maximum Gasteiger partial charge on any atom is 0.223 e. The molecule has 3 nitrogen and oxygen atoms in total. The van der Waals surface area contributed by atoms with Gasteiger partial charge in [-0.3, -0.25) is 4.79 Å². The van der Waals surface area contributed by atoms with Crippen molar-refractivity contribution in [2.24, 2.45) is 0 Å². The molecule has 0 unspecified atom stereocenters. The van der Waals surface area contributed by atoms with Gasteiger partial charge in [0.15, 0.2) is 0 Å². The molecule has 0 spiro atoms. The first-order chi connectivity index (χ1) is 8.18. The fourth-order valence-corrected chi connectivity index (χ4v) is 2.99. The van der Waals surface area contributed by atoms with E-state index < -0.39 is 5.60 Å². The Morgan fingerprint density at radius 3 is 2.82 bits per heavy atom. The molecule has 2 rings (SSSR count). The Morgan fingerprint density at radius 1 is 1.41 bits per heavy atom. The summed E-state index contributed by atoms with van der Waals surface area (Å²) in [6.45, 7) is 0.576. The number of hydrogen-bond donors (Lipinski definition) is 2. The van der Waals surface area contributed by atoms with Crippen LogP contribution in [-0.4, -0.2) is 16.6 Å². The Kier molecular flexibility index (Phi) is 4.18. The molecule has 1 heterocycles. The summed E-state index contributed by atoms with van der Waals surface area (Å²) in [7, 11) is 0. The third kappa shape index (κ3) is 3.82. The van der Waals surface area contributed by atoms with Crippen LogP contribution in [0.4, 0.5) is 0 Å². The van der Waals surface area contributed by atoms with Crippen LogP contribution in [0.2, 0.25) is 0 Å². The van der Waals surface area contributed by atoms with Gasteiger partial charge in [-0.05, 0) is 24.3 Å². The van der Waals surface area contributed by atoms with E-state index in [1.807, 2.05) is 17.5 Å². The van der Waals surface area contributed by atoms with Gasteiger partial charge < -0.3 is 10.4 Å². The zero-order valence-electron chi connectivity index (χ0n) is 9.95. The predicted molar refractivity (Wildman–Crippen MR) is 68.8 cm³/mol. The van der Waals surface area contributed by atoms with Crippen LogP contribution < -0.4 is 5.32 Å². The van der Waals surface area contributed by atoms with E-state index in [2.05, 4.69) is 5.32 Å². The molecule has 1 aliphatic carbocycles. The predicted octanol–water partition coefficient (Wildman–Crippen LogP) is 2.45. The van der Waals surface area contributed by atoms with E-state index in [9.17, 15) is 9.90 Å². The molecule has 1 aromatic rings. The quantitative estimate of drug-likeness (QED) is 0.866. The van der Waals surface area contributed by atoms with Crippen molar-refractivity contribution in [2.45, 2.75) is 50.7 Å². The first-order valence-corrected chi connectivity index (χ1v) is 7.07. The molecule has 1 fully saturated rings. The summed E-state index contributed by atoms with van der Waals surface area (Å²) in [5, 5.41) is 15.1. The van der Waals surface area contributed by atoms with Crippen LogP contribution in [0.25, 0.3) is 0 Å². The highest BCUT2D eigenvalue weighted by Crippen LogP contribution is 2.30. The SMILES string of the molecule is O=C(CC1(O)CCCCC1)NCc1cccs1. The summed E-state index contributed by atoms with van der Waals surface area (Å²) in [5.41, 5.74) is -0.752. The summed E-state index contributed by atoms with van der Waals surface area (Å²) in [4.78, 5) is 12.9. The van der Waals surface area contributed by atoms with Crippen molar-refractivity contribution in [1.29, 1.82) is 0 Å². The topological polar surface area (TPSA) is 49.3 Å². The molecule has 0 aliphatic heterocycles. The molecule has 1 aliphatic rings. The Hall–Kier alpha value is -0.870. The van der Waals surface area contributed by atoms with Gasteiger partial charge in [0.05, 0.1) is 18.6 Å². The van der Waals surface area contributed by atoms with E-state index >= 15 is 0 Å². The number of hydrogen-bond acceptors (Lipinski definition) is 3. The highest BCUT2D eigenvalue weighted by Gasteiger charge is 2.31. The van der Waals surface area contributed by atoms with Gasteiger partial charge in [0.2, 0.25) is 5.91 Å². The van der Waals surface area contributed by atoms with E-state index in [4.69, 9.17) is 0 Å². The maximum absolute atomic E-state index is 11.7. The van der Waals surface area contributed by atoms with Gasteiger partial charge >= 0.3 is 0 Å². The lowest BCUT2D eigenvalue weighted by Gasteiger charge is -2.31. The molecule has 17 heavy (non-hydrogen) atoms. The number of carbonyl (C=O) groups excluding carboxylic acids is 1. The van der Waals surface area contributed by atoms with Crippen LogP contribution in [0.15, 0.2) is 17.5 Å². The average molecular weight is 253 g/mol. The second-order valence-corrected chi connectivity index (χ2v) is 5.85. The molecule has 0 atom stereocenters. The van der Waals surface area contributed by atoms with E-state index in [0.717, 1.165) is 30.6 Å². The molecule has 0 bridgehead atoms. The molecule has 2 N–H and O–H groups in total. The van der Waals surface area contributed by atoms with Crippen molar-refractivity contribution in [2.75, 3.05) is 0 Å². The monoisotopic (exact) mass is 253 g/mol. The van der Waals surface area contributed by atoms with Crippen molar-refractivity contribution in [1.82, 2.24) is 5.32 Å². The standard InChI is InChI=1S/C13H19NO2S/c15-12(14-10-11-5-4-8-17-11)9-13(16)6-2-1-3-7-13/h4-5,8,16H,1-3,6-7,9-10H2,(H,14,15). The molecule has 1 saturated carbocycles. The van der Waals surface area contributed by atoms with Crippen LogP contribution in [0.5, 0.6) is 0 Å². The summed E-state index contributed by atoms with van der Waals surface area (Å²) >= 11 is 1.63. The lowest BCUT2D eigenvalue weighted by Crippen LogP contribution is -2.38. The average Bonchev–Trinajstić information content (AvgIpc) is 2.79. The molecule has 0 aromatic carbocycles. The fourth-order valence-electron chi connectivity index (χ4n) is 2.35. The van der Waals surface area contributed by atoms with Crippen LogP contribution in [0.1, 0.15) is 43.4 Å². The molecule has 1 aromatic heterocycles. The number of carbonyl (C=O) groups is 1. The molecule has 1 amide bonds. The van der Waals surface area contributed by atoms with Crippen molar-refractivity contribution in [3.8, 4) is 0 Å². The molecular formula is C13H19NO2S. The summed E-state index contributed by atoms with van der Waals surface area (Å²) < 4.78 is 0. The van der Waals surface area contributed by atoms with E-state index in [0.29, 0.717) is 6.54 Å². The van der Waals surface area contributed by atoms with Crippen molar-refractivity contribution >= 4 is 17.2 Å². The first-order valence-electron chi connectivity index (χ1n) is 6.19. The zero-order valence-corrected chi connectivity index (χ0v) is 10.8. The van der Waals surface area contributed by atoms with Gasteiger partial charge in [-0.1, -0.05) is 25.3 Å². The second kappa shape index (κ2) is 5.65. The Balaban J connectivity index is 1.76. The van der Waals surface area contributed by atoms with Gasteiger partial charge in [0, 0.05) is 4.88 Å². The molecule has 94 valence electrons.